The molecule has 6 heteroatoms. The highest BCUT2D eigenvalue weighted by molar-refractivity contribution is 7.89. The number of aromatic amines is 1. The molecule has 0 aliphatic heterocycles. The summed E-state index contributed by atoms with van der Waals surface area (Å²) in [6, 6.07) is 5.13. The maximum Gasteiger partial charge on any atom is 0.245 e. The van der Waals surface area contributed by atoms with Crippen molar-refractivity contribution in [3.63, 3.8) is 0 Å². The third-order valence-corrected chi connectivity index (χ3v) is 4.82. The van der Waals surface area contributed by atoms with E-state index in [1.165, 1.54) is 10.5 Å². The van der Waals surface area contributed by atoms with Gasteiger partial charge in [-0.3, -0.25) is 0 Å². The van der Waals surface area contributed by atoms with Crippen LogP contribution in [0.2, 0.25) is 0 Å². The number of nitrogen functional groups attached to an aromatic ring is 1. The minimum atomic E-state index is -3.62. The zero-order valence-corrected chi connectivity index (χ0v) is 11.9. The standard InChI is InChI=1S/C14H17N3O2S/c1-3-7-17(8-4-2)20(18,19)14-10-16-13-6-5-11(15)9-12(13)14/h3-6,9-10,16H,1-2,7-8,15H2. The second-order valence-corrected chi connectivity index (χ2v) is 6.26. The van der Waals surface area contributed by atoms with E-state index in [0.29, 0.717) is 11.1 Å². The van der Waals surface area contributed by atoms with Gasteiger partial charge in [0.25, 0.3) is 0 Å². The number of rotatable bonds is 6. The molecule has 0 aliphatic rings. The zero-order chi connectivity index (χ0) is 14.8. The van der Waals surface area contributed by atoms with Crippen molar-refractivity contribution in [3.8, 4) is 0 Å². The van der Waals surface area contributed by atoms with E-state index in [-0.39, 0.29) is 18.0 Å². The monoisotopic (exact) mass is 291 g/mol. The van der Waals surface area contributed by atoms with Gasteiger partial charge in [-0.05, 0) is 18.2 Å². The van der Waals surface area contributed by atoms with Gasteiger partial charge in [0, 0.05) is 35.9 Å². The van der Waals surface area contributed by atoms with E-state index >= 15 is 0 Å². The summed E-state index contributed by atoms with van der Waals surface area (Å²) in [4.78, 5) is 3.16. The number of hydrogen-bond donors (Lipinski definition) is 2. The molecule has 5 nitrogen and oxygen atoms in total. The van der Waals surface area contributed by atoms with Crippen molar-refractivity contribution in [3.05, 3.63) is 49.7 Å². The van der Waals surface area contributed by atoms with E-state index in [2.05, 4.69) is 18.1 Å². The molecule has 2 aromatic rings. The zero-order valence-electron chi connectivity index (χ0n) is 11.0. The lowest BCUT2D eigenvalue weighted by Crippen LogP contribution is -2.31. The molecule has 0 bridgehead atoms. The van der Waals surface area contributed by atoms with Crippen LogP contribution in [0.3, 0.4) is 0 Å². The fourth-order valence-corrected chi connectivity index (χ4v) is 3.56. The number of nitrogens with two attached hydrogens (primary N) is 1. The summed E-state index contributed by atoms with van der Waals surface area (Å²) in [5, 5.41) is 0.586. The number of nitrogens with one attached hydrogen (secondary N) is 1. The number of nitrogens with zero attached hydrogens (tertiary/aromatic N) is 1. The molecule has 0 amide bonds. The normalized spacial score (nSPS) is 11.8. The van der Waals surface area contributed by atoms with Crippen molar-refractivity contribution >= 4 is 26.6 Å². The average Bonchev–Trinajstić information content (AvgIpc) is 2.82. The van der Waals surface area contributed by atoms with Gasteiger partial charge in [-0.25, -0.2) is 8.42 Å². The van der Waals surface area contributed by atoms with Crippen LogP contribution in [0.15, 0.2) is 54.6 Å². The molecule has 0 saturated heterocycles. The third-order valence-electron chi connectivity index (χ3n) is 2.95. The van der Waals surface area contributed by atoms with Crippen molar-refractivity contribution in [2.75, 3.05) is 18.8 Å². The lowest BCUT2D eigenvalue weighted by molar-refractivity contribution is 0.475. The fourth-order valence-electron chi connectivity index (χ4n) is 2.02. The highest BCUT2D eigenvalue weighted by atomic mass is 32.2. The number of anilines is 1. The third kappa shape index (κ3) is 2.48. The van der Waals surface area contributed by atoms with E-state index in [1.54, 1.807) is 30.4 Å². The number of hydrogen-bond acceptors (Lipinski definition) is 3. The Labute approximate surface area is 118 Å². The van der Waals surface area contributed by atoms with E-state index < -0.39 is 10.0 Å². The molecule has 106 valence electrons. The Hall–Kier alpha value is -2.05. The summed E-state index contributed by atoms with van der Waals surface area (Å²) in [6.45, 7) is 7.62. The van der Waals surface area contributed by atoms with Crippen molar-refractivity contribution in [1.82, 2.24) is 9.29 Å². The van der Waals surface area contributed by atoms with E-state index in [0.717, 1.165) is 5.52 Å². The Balaban J connectivity index is 2.58. The highest BCUT2D eigenvalue weighted by Crippen LogP contribution is 2.27. The summed E-state index contributed by atoms with van der Waals surface area (Å²) in [5.41, 5.74) is 6.99. The molecule has 0 aliphatic carbocycles. The quantitative estimate of drug-likeness (QED) is 0.632. The predicted octanol–water partition coefficient (Wildman–Crippen LogP) is 2.11. The molecule has 1 heterocycles. The van der Waals surface area contributed by atoms with Crippen LogP contribution in [0.5, 0.6) is 0 Å². The number of H-pyrrole nitrogens is 1. The van der Waals surface area contributed by atoms with Gasteiger partial charge >= 0.3 is 0 Å². The molecule has 0 spiro atoms. The molecule has 0 fully saturated rings. The van der Waals surface area contributed by atoms with Gasteiger partial charge in [0.2, 0.25) is 10.0 Å². The van der Waals surface area contributed by atoms with E-state index in [4.69, 9.17) is 5.73 Å². The second kappa shape index (κ2) is 5.52. The van der Waals surface area contributed by atoms with Gasteiger partial charge in [-0.1, -0.05) is 12.2 Å². The molecule has 0 unspecified atom stereocenters. The minimum Gasteiger partial charge on any atom is -0.399 e. The van der Waals surface area contributed by atoms with Crippen LogP contribution in [-0.2, 0) is 10.0 Å². The van der Waals surface area contributed by atoms with Crippen LogP contribution in [0.1, 0.15) is 0 Å². The Kier molecular flexibility index (Phi) is 3.96. The van der Waals surface area contributed by atoms with Crippen LogP contribution >= 0.6 is 0 Å². The highest BCUT2D eigenvalue weighted by Gasteiger charge is 2.25. The molecule has 20 heavy (non-hydrogen) atoms. The Morgan fingerprint density at radius 1 is 1.25 bits per heavy atom. The van der Waals surface area contributed by atoms with Crippen molar-refractivity contribution < 1.29 is 8.42 Å². The van der Waals surface area contributed by atoms with Crippen molar-refractivity contribution in [1.29, 1.82) is 0 Å². The molecular formula is C14H17N3O2S. The molecule has 0 radical (unpaired) electrons. The van der Waals surface area contributed by atoms with Crippen molar-refractivity contribution in [2.45, 2.75) is 4.90 Å². The van der Waals surface area contributed by atoms with Gasteiger partial charge in [-0.2, -0.15) is 4.31 Å². The van der Waals surface area contributed by atoms with Crippen molar-refractivity contribution in [2.24, 2.45) is 0 Å². The summed E-state index contributed by atoms with van der Waals surface area (Å²) < 4.78 is 26.6. The lowest BCUT2D eigenvalue weighted by atomic mass is 10.2. The maximum absolute atomic E-state index is 12.7. The first-order valence-electron chi connectivity index (χ1n) is 6.09. The van der Waals surface area contributed by atoms with Crippen LogP contribution in [-0.4, -0.2) is 30.8 Å². The van der Waals surface area contributed by atoms with E-state index in [1.807, 2.05) is 0 Å². The second-order valence-electron chi connectivity index (χ2n) is 4.36. The van der Waals surface area contributed by atoms with Crippen LogP contribution in [0.4, 0.5) is 5.69 Å². The first-order valence-corrected chi connectivity index (χ1v) is 7.53. The van der Waals surface area contributed by atoms with Crippen LogP contribution < -0.4 is 5.73 Å². The van der Waals surface area contributed by atoms with Gasteiger partial charge < -0.3 is 10.7 Å². The first-order chi connectivity index (χ1) is 9.50. The fraction of sp³-hybridized carbons (Fsp3) is 0.143. The summed E-state index contributed by atoms with van der Waals surface area (Å²) in [5.74, 6) is 0. The molecule has 1 aromatic heterocycles. The summed E-state index contributed by atoms with van der Waals surface area (Å²) in [6.07, 6.45) is 4.58. The molecule has 1 aromatic carbocycles. The number of benzene rings is 1. The molecule has 3 N–H and O–H groups in total. The van der Waals surface area contributed by atoms with Crippen LogP contribution in [0, 0.1) is 0 Å². The first kappa shape index (κ1) is 14.4. The number of sulfonamides is 1. The SMILES string of the molecule is C=CCN(CC=C)S(=O)(=O)c1c[nH]c2ccc(N)cc12. The molecule has 2 rings (SSSR count). The van der Waals surface area contributed by atoms with Gasteiger partial charge in [-0.15, -0.1) is 13.2 Å². The summed E-state index contributed by atoms with van der Waals surface area (Å²) in [7, 11) is -3.62. The molecular weight excluding hydrogens is 274 g/mol. The minimum absolute atomic E-state index is 0.212. The predicted molar refractivity (Wildman–Crippen MR) is 81.9 cm³/mol. The van der Waals surface area contributed by atoms with Gasteiger partial charge in [0.05, 0.1) is 0 Å². The largest absolute Gasteiger partial charge is 0.399 e. The Morgan fingerprint density at radius 2 is 1.90 bits per heavy atom. The molecule has 0 saturated carbocycles. The Morgan fingerprint density at radius 3 is 2.50 bits per heavy atom. The van der Waals surface area contributed by atoms with E-state index in [9.17, 15) is 8.42 Å². The lowest BCUT2D eigenvalue weighted by Gasteiger charge is -2.18. The number of fused-ring (bicyclic) bond motifs is 1. The topological polar surface area (TPSA) is 79.2 Å². The van der Waals surface area contributed by atoms with Gasteiger partial charge in [0.1, 0.15) is 4.90 Å². The smallest absolute Gasteiger partial charge is 0.245 e. The number of aromatic nitrogens is 1. The molecule has 0 atom stereocenters. The summed E-state index contributed by atoms with van der Waals surface area (Å²) >= 11 is 0. The Bertz CT molecular complexity index is 737. The average molecular weight is 291 g/mol. The van der Waals surface area contributed by atoms with Gasteiger partial charge in [0.15, 0.2) is 0 Å². The van der Waals surface area contributed by atoms with Crippen LogP contribution in [0.25, 0.3) is 10.9 Å². The maximum atomic E-state index is 12.7.